The number of hydrogen-bond acceptors (Lipinski definition) is 2. The zero-order valence-electron chi connectivity index (χ0n) is 9.92. The molecule has 0 atom stereocenters. The molecule has 2 nitrogen and oxygen atoms in total. The molecule has 0 aliphatic rings. The third-order valence-corrected chi connectivity index (χ3v) is 2.72. The summed E-state index contributed by atoms with van der Waals surface area (Å²) in [6.07, 6.45) is 0. The van der Waals surface area contributed by atoms with E-state index in [-0.39, 0.29) is 0 Å². The second-order valence-corrected chi connectivity index (χ2v) is 4.26. The number of nitrogens with zero attached hydrogens (tertiary/aromatic N) is 2. The molecule has 84 valence electrons. The summed E-state index contributed by atoms with van der Waals surface area (Å²) in [5.41, 5.74) is 2.17. The van der Waals surface area contributed by atoms with Crippen LogP contribution in [0.1, 0.15) is 32.0 Å². The van der Waals surface area contributed by atoms with Crippen LogP contribution in [0, 0.1) is 6.92 Å². The van der Waals surface area contributed by atoms with Gasteiger partial charge in [0.25, 0.3) is 0 Å². The van der Waals surface area contributed by atoms with Gasteiger partial charge in [0.05, 0.1) is 0 Å². The van der Waals surface area contributed by atoms with Gasteiger partial charge in [-0.3, -0.25) is 0 Å². The normalized spacial score (nSPS) is 10.8. The molecule has 3 heteroatoms. The Hall–Kier alpha value is -0.760. The quantitative estimate of drug-likeness (QED) is 0.732. The molecule has 0 saturated carbocycles. The minimum absolute atomic E-state index is 0.465. The Morgan fingerprint density at radius 1 is 1.40 bits per heavy atom. The molecular weight excluding hydrogens is 208 g/mol. The van der Waals surface area contributed by atoms with Crippen molar-refractivity contribution in [1.29, 1.82) is 0 Å². The summed E-state index contributed by atoms with van der Waals surface area (Å²) >= 11 is 5.85. The first kappa shape index (κ1) is 12.3. The topological polar surface area (TPSA) is 16.1 Å². The molecule has 0 aromatic carbocycles. The number of pyridine rings is 1. The number of aromatic nitrogens is 1. The van der Waals surface area contributed by atoms with Crippen molar-refractivity contribution in [1.82, 2.24) is 4.98 Å². The number of aryl methyl sites for hydroxylation is 1. The molecule has 1 rings (SSSR count). The van der Waals surface area contributed by atoms with Crippen molar-refractivity contribution in [2.24, 2.45) is 0 Å². The van der Waals surface area contributed by atoms with E-state index in [9.17, 15) is 0 Å². The zero-order valence-corrected chi connectivity index (χ0v) is 10.7. The summed E-state index contributed by atoms with van der Waals surface area (Å²) in [5.74, 6) is 1.58. The number of alkyl halides is 1. The lowest BCUT2D eigenvalue weighted by Gasteiger charge is -2.26. The highest BCUT2D eigenvalue weighted by Crippen LogP contribution is 2.18. The summed E-state index contributed by atoms with van der Waals surface area (Å²) in [4.78, 5) is 6.81. The van der Waals surface area contributed by atoms with Crippen LogP contribution in [0.2, 0.25) is 0 Å². The van der Waals surface area contributed by atoms with Gasteiger partial charge < -0.3 is 4.90 Å². The maximum atomic E-state index is 5.85. The van der Waals surface area contributed by atoms with Gasteiger partial charge in [-0.05, 0) is 45.4 Å². The summed E-state index contributed by atoms with van der Waals surface area (Å²) in [6.45, 7) is 9.47. The highest BCUT2D eigenvalue weighted by molar-refractivity contribution is 6.17. The first-order valence-electron chi connectivity index (χ1n) is 5.38. The Kier molecular flexibility index (Phi) is 4.40. The van der Waals surface area contributed by atoms with Crippen LogP contribution < -0.4 is 4.90 Å². The van der Waals surface area contributed by atoms with Gasteiger partial charge in [0.15, 0.2) is 0 Å². The Morgan fingerprint density at radius 2 is 2.07 bits per heavy atom. The van der Waals surface area contributed by atoms with E-state index in [1.165, 1.54) is 0 Å². The van der Waals surface area contributed by atoms with Gasteiger partial charge in [0.2, 0.25) is 0 Å². The SMILES string of the molecule is CCN(c1cc(CCl)cc(C)n1)C(C)C. The number of halogens is 1. The Labute approximate surface area is 97.3 Å². The van der Waals surface area contributed by atoms with Crippen LogP contribution >= 0.6 is 11.6 Å². The lowest BCUT2D eigenvalue weighted by Crippen LogP contribution is -2.31. The van der Waals surface area contributed by atoms with Crippen molar-refractivity contribution in [3.63, 3.8) is 0 Å². The van der Waals surface area contributed by atoms with Crippen molar-refractivity contribution in [3.8, 4) is 0 Å². The number of rotatable bonds is 4. The summed E-state index contributed by atoms with van der Waals surface area (Å²) in [5, 5.41) is 0. The predicted molar refractivity (Wildman–Crippen MR) is 66.7 cm³/mol. The van der Waals surface area contributed by atoms with Crippen LogP contribution in [0.25, 0.3) is 0 Å². The third kappa shape index (κ3) is 3.10. The van der Waals surface area contributed by atoms with Crippen LogP contribution in [0.15, 0.2) is 12.1 Å². The van der Waals surface area contributed by atoms with E-state index in [2.05, 4.69) is 36.7 Å². The lowest BCUT2D eigenvalue weighted by molar-refractivity contribution is 0.692. The first-order chi connectivity index (χ1) is 7.08. The maximum absolute atomic E-state index is 5.85. The van der Waals surface area contributed by atoms with Crippen LogP contribution in [0.4, 0.5) is 5.82 Å². The minimum atomic E-state index is 0.465. The molecule has 0 fully saturated rings. The molecule has 0 unspecified atom stereocenters. The van der Waals surface area contributed by atoms with Crippen molar-refractivity contribution in [2.45, 2.75) is 39.6 Å². The summed E-state index contributed by atoms with van der Waals surface area (Å²) in [7, 11) is 0. The van der Waals surface area contributed by atoms with Crippen molar-refractivity contribution >= 4 is 17.4 Å². The monoisotopic (exact) mass is 226 g/mol. The van der Waals surface area contributed by atoms with E-state index in [1.54, 1.807) is 0 Å². The smallest absolute Gasteiger partial charge is 0.129 e. The molecule has 1 aromatic rings. The predicted octanol–water partition coefficient (Wildman–Crippen LogP) is 3.36. The Bertz CT molecular complexity index is 323. The molecule has 0 spiro atoms. The van der Waals surface area contributed by atoms with Crippen molar-refractivity contribution < 1.29 is 0 Å². The zero-order chi connectivity index (χ0) is 11.4. The molecule has 1 heterocycles. The van der Waals surface area contributed by atoms with E-state index in [1.807, 2.05) is 13.0 Å². The molecule has 0 aliphatic heterocycles. The highest BCUT2D eigenvalue weighted by atomic mass is 35.5. The summed E-state index contributed by atoms with van der Waals surface area (Å²) < 4.78 is 0. The number of anilines is 1. The first-order valence-corrected chi connectivity index (χ1v) is 5.92. The van der Waals surface area contributed by atoms with Gasteiger partial charge in [-0.1, -0.05) is 0 Å². The van der Waals surface area contributed by atoms with E-state index in [0.29, 0.717) is 11.9 Å². The Balaban J connectivity index is 3.06. The molecular formula is C12H19ClN2. The average Bonchev–Trinajstić information content (AvgIpc) is 2.17. The molecule has 15 heavy (non-hydrogen) atoms. The standard InChI is InChI=1S/C12H19ClN2/c1-5-15(9(2)3)12-7-11(8-13)6-10(4)14-12/h6-7,9H,5,8H2,1-4H3. The van der Waals surface area contributed by atoms with E-state index < -0.39 is 0 Å². The van der Waals surface area contributed by atoms with E-state index in [0.717, 1.165) is 23.6 Å². The maximum Gasteiger partial charge on any atom is 0.129 e. The van der Waals surface area contributed by atoms with E-state index in [4.69, 9.17) is 11.6 Å². The van der Waals surface area contributed by atoms with Crippen molar-refractivity contribution in [2.75, 3.05) is 11.4 Å². The van der Waals surface area contributed by atoms with Gasteiger partial charge in [0, 0.05) is 24.2 Å². The molecule has 1 aromatic heterocycles. The average molecular weight is 227 g/mol. The highest BCUT2D eigenvalue weighted by Gasteiger charge is 2.10. The lowest BCUT2D eigenvalue weighted by atomic mass is 10.2. The van der Waals surface area contributed by atoms with Gasteiger partial charge in [-0.25, -0.2) is 4.98 Å². The fourth-order valence-electron chi connectivity index (χ4n) is 1.74. The van der Waals surface area contributed by atoms with E-state index >= 15 is 0 Å². The Morgan fingerprint density at radius 3 is 2.53 bits per heavy atom. The second kappa shape index (κ2) is 5.36. The second-order valence-electron chi connectivity index (χ2n) is 3.99. The number of hydrogen-bond donors (Lipinski definition) is 0. The molecule has 0 bridgehead atoms. The van der Waals surface area contributed by atoms with Gasteiger partial charge in [-0.15, -0.1) is 11.6 Å². The molecule has 0 N–H and O–H groups in total. The fourth-order valence-corrected chi connectivity index (χ4v) is 1.89. The minimum Gasteiger partial charge on any atom is -0.354 e. The van der Waals surface area contributed by atoms with Gasteiger partial charge >= 0.3 is 0 Å². The molecule has 0 saturated heterocycles. The van der Waals surface area contributed by atoms with Crippen LogP contribution in [0.5, 0.6) is 0 Å². The van der Waals surface area contributed by atoms with Crippen LogP contribution in [-0.2, 0) is 5.88 Å². The molecule has 0 amide bonds. The van der Waals surface area contributed by atoms with Gasteiger partial charge in [-0.2, -0.15) is 0 Å². The largest absolute Gasteiger partial charge is 0.354 e. The van der Waals surface area contributed by atoms with Crippen LogP contribution in [0.3, 0.4) is 0 Å². The molecule has 0 aliphatic carbocycles. The van der Waals surface area contributed by atoms with Crippen LogP contribution in [-0.4, -0.2) is 17.6 Å². The third-order valence-electron chi connectivity index (χ3n) is 2.41. The summed E-state index contributed by atoms with van der Waals surface area (Å²) in [6, 6.07) is 4.57. The molecule has 0 radical (unpaired) electrons. The van der Waals surface area contributed by atoms with Crippen molar-refractivity contribution in [3.05, 3.63) is 23.4 Å². The van der Waals surface area contributed by atoms with Gasteiger partial charge in [0.1, 0.15) is 5.82 Å². The fraction of sp³-hybridized carbons (Fsp3) is 0.583.